The van der Waals surface area contributed by atoms with Crippen LogP contribution in [0.5, 0.6) is 0 Å². The van der Waals surface area contributed by atoms with Crippen molar-refractivity contribution >= 4 is 47.9 Å². The molecule has 0 aliphatic carbocycles. The number of aliphatic carboxylic acids is 1. The van der Waals surface area contributed by atoms with Gasteiger partial charge in [-0.05, 0) is 56.8 Å². The van der Waals surface area contributed by atoms with E-state index in [1.165, 1.54) is 6.92 Å². The number of rotatable bonds is 24. The van der Waals surface area contributed by atoms with Gasteiger partial charge in [0.1, 0.15) is 36.8 Å². The first-order valence-corrected chi connectivity index (χ1v) is 16.4. The van der Waals surface area contributed by atoms with E-state index in [1.807, 2.05) is 27.7 Å². The van der Waals surface area contributed by atoms with Crippen LogP contribution in [0.1, 0.15) is 80.6 Å². The average molecular weight is 700 g/mol. The fourth-order valence-corrected chi connectivity index (χ4v) is 4.73. The molecular weight excluding hydrogens is 642 g/mol. The topological polar surface area (TPSA) is 297 Å². The summed E-state index contributed by atoms with van der Waals surface area (Å²) in [6.45, 7) is 11.7. The van der Waals surface area contributed by atoms with Gasteiger partial charge in [-0.15, -0.1) is 0 Å². The van der Waals surface area contributed by atoms with E-state index >= 15 is 0 Å². The SMILES string of the molecule is CC(C)C[C@H](NC(=O)[C@H](CCCN=C(N)N)NC=O)C(=O)N[C@@H](CC(C)C)C(=O)N[C@@H](CC(C)C)C(=O)N[C@H](C(=O)NCC(=O)O)[C@@H](C)O. The number of nitrogens with one attached hydrogen (secondary N) is 6. The number of hydrogen-bond acceptors (Lipinski definition) is 9. The van der Waals surface area contributed by atoms with E-state index < -0.39 is 78.4 Å². The van der Waals surface area contributed by atoms with E-state index in [0.717, 1.165) is 0 Å². The van der Waals surface area contributed by atoms with Crippen molar-refractivity contribution in [3.05, 3.63) is 0 Å². The van der Waals surface area contributed by atoms with Gasteiger partial charge in [-0.2, -0.15) is 0 Å². The Balaban J connectivity index is 6.03. The van der Waals surface area contributed by atoms with Gasteiger partial charge in [0.05, 0.1) is 6.10 Å². The summed E-state index contributed by atoms with van der Waals surface area (Å²) in [5, 5.41) is 33.9. The minimum Gasteiger partial charge on any atom is -0.480 e. The van der Waals surface area contributed by atoms with Crippen LogP contribution in [0, 0.1) is 17.8 Å². The molecule has 49 heavy (non-hydrogen) atoms. The maximum Gasteiger partial charge on any atom is 0.322 e. The number of aliphatic hydroxyl groups excluding tert-OH is 1. The molecule has 0 unspecified atom stereocenters. The number of aliphatic imine (C=N–C) groups is 1. The van der Waals surface area contributed by atoms with Crippen molar-refractivity contribution in [3.8, 4) is 0 Å². The quantitative estimate of drug-likeness (QED) is 0.0223. The molecule has 0 rings (SSSR count). The van der Waals surface area contributed by atoms with Crippen LogP contribution >= 0.6 is 0 Å². The predicted octanol–water partition coefficient (Wildman–Crippen LogP) is -2.19. The summed E-state index contributed by atoms with van der Waals surface area (Å²) in [6, 6.07) is -5.87. The van der Waals surface area contributed by atoms with Crippen LogP contribution in [-0.2, 0) is 33.6 Å². The fourth-order valence-electron chi connectivity index (χ4n) is 4.73. The lowest BCUT2D eigenvalue weighted by Gasteiger charge is -2.29. The van der Waals surface area contributed by atoms with Crippen LogP contribution in [0.15, 0.2) is 4.99 Å². The molecule has 12 N–H and O–H groups in total. The maximum atomic E-state index is 13.6. The van der Waals surface area contributed by atoms with E-state index in [1.54, 1.807) is 13.8 Å². The third-order valence-electron chi connectivity index (χ3n) is 7.03. The van der Waals surface area contributed by atoms with Gasteiger partial charge >= 0.3 is 5.97 Å². The highest BCUT2D eigenvalue weighted by Gasteiger charge is 2.34. The minimum atomic E-state index is -1.51. The van der Waals surface area contributed by atoms with E-state index in [-0.39, 0.29) is 55.9 Å². The Morgan fingerprint density at radius 2 is 1.08 bits per heavy atom. The van der Waals surface area contributed by atoms with Crippen molar-refractivity contribution in [1.29, 1.82) is 0 Å². The van der Waals surface area contributed by atoms with E-state index in [4.69, 9.17) is 16.6 Å². The molecule has 0 aromatic heterocycles. The molecule has 0 radical (unpaired) electrons. The Morgan fingerprint density at radius 1 is 0.673 bits per heavy atom. The molecule has 0 saturated heterocycles. The zero-order chi connectivity index (χ0) is 37.8. The molecule has 0 bridgehead atoms. The molecule has 0 aliphatic rings. The van der Waals surface area contributed by atoms with Gasteiger partial charge in [0.2, 0.25) is 35.9 Å². The van der Waals surface area contributed by atoms with Gasteiger partial charge in [-0.25, -0.2) is 0 Å². The number of carbonyl (C=O) groups is 7. The Bertz CT molecular complexity index is 1140. The maximum absolute atomic E-state index is 13.6. The molecule has 0 aromatic rings. The number of nitrogens with two attached hydrogens (primary N) is 2. The number of hydrogen-bond donors (Lipinski definition) is 10. The van der Waals surface area contributed by atoms with Crippen molar-refractivity contribution in [1.82, 2.24) is 31.9 Å². The lowest BCUT2D eigenvalue weighted by atomic mass is 9.98. The number of aliphatic hydroxyl groups is 1. The van der Waals surface area contributed by atoms with Crippen molar-refractivity contribution in [2.24, 2.45) is 34.2 Å². The first-order valence-electron chi connectivity index (χ1n) is 16.4. The molecular formula is C31H57N9O9. The molecule has 0 aromatic carbocycles. The Hall–Kier alpha value is -4.48. The highest BCUT2D eigenvalue weighted by atomic mass is 16.4. The lowest BCUT2D eigenvalue weighted by Crippen LogP contribution is -2.60. The summed E-state index contributed by atoms with van der Waals surface area (Å²) in [5.41, 5.74) is 10.7. The van der Waals surface area contributed by atoms with Crippen molar-refractivity contribution < 1.29 is 43.8 Å². The summed E-state index contributed by atoms with van der Waals surface area (Å²) >= 11 is 0. The van der Waals surface area contributed by atoms with Gasteiger partial charge < -0.3 is 53.6 Å². The average Bonchev–Trinajstić information content (AvgIpc) is 2.97. The molecule has 0 fully saturated rings. The van der Waals surface area contributed by atoms with Crippen LogP contribution in [0.25, 0.3) is 0 Å². The van der Waals surface area contributed by atoms with Crippen LogP contribution in [-0.4, -0.2) is 107 Å². The summed E-state index contributed by atoms with van der Waals surface area (Å²) in [4.78, 5) is 92.1. The monoisotopic (exact) mass is 699 g/mol. The molecule has 0 saturated carbocycles. The summed E-state index contributed by atoms with van der Waals surface area (Å²) < 4.78 is 0. The second-order valence-corrected chi connectivity index (χ2v) is 13.2. The zero-order valence-corrected chi connectivity index (χ0v) is 29.6. The van der Waals surface area contributed by atoms with Gasteiger partial charge in [0.15, 0.2) is 5.96 Å². The molecule has 6 atom stereocenters. The van der Waals surface area contributed by atoms with Gasteiger partial charge in [-0.3, -0.25) is 38.6 Å². The molecule has 0 spiro atoms. The predicted molar refractivity (Wildman–Crippen MR) is 181 cm³/mol. The Labute approximate surface area is 287 Å². The molecule has 280 valence electrons. The van der Waals surface area contributed by atoms with Gasteiger partial charge in [-0.1, -0.05) is 41.5 Å². The van der Waals surface area contributed by atoms with Crippen LogP contribution in [0.2, 0.25) is 0 Å². The molecule has 6 amide bonds. The number of carboxylic acid groups (broad SMARTS) is 1. The van der Waals surface area contributed by atoms with E-state index in [0.29, 0.717) is 12.8 Å². The molecule has 18 heteroatoms. The lowest BCUT2D eigenvalue weighted by molar-refractivity contribution is -0.139. The summed E-state index contributed by atoms with van der Waals surface area (Å²) in [6.07, 6.45) is 0.0396. The Kier molecular flexibility index (Phi) is 20.9. The Morgan fingerprint density at radius 3 is 1.43 bits per heavy atom. The number of carboxylic acids is 1. The highest BCUT2D eigenvalue weighted by Crippen LogP contribution is 2.12. The van der Waals surface area contributed by atoms with Gasteiger partial charge in [0.25, 0.3) is 0 Å². The zero-order valence-electron chi connectivity index (χ0n) is 29.6. The van der Waals surface area contributed by atoms with Crippen molar-refractivity contribution in [3.63, 3.8) is 0 Å². The van der Waals surface area contributed by atoms with Crippen molar-refractivity contribution in [2.75, 3.05) is 13.1 Å². The summed E-state index contributed by atoms with van der Waals surface area (Å²) in [5.74, 6) is -5.37. The van der Waals surface area contributed by atoms with Crippen LogP contribution in [0.3, 0.4) is 0 Å². The number of nitrogens with zero attached hydrogens (tertiary/aromatic N) is 1. The fraction of sp³-hybridized carbons (Fsp3) is 0.742. The number of amides is 6. The van der Waals surface area contributed by atoms with Crippen molar-refractivity contribution in [2.45, 2.75) is 117 Å². The first kappa shape index (κ1) is 44.5. The first-order chi connectivity index (χ1) is 22.8. The standard InChI is InChI=1S/C31H57N9O9/c1-16(2)11-21(37-26(45)20(36-15-41)9-8-10-34-31(32)33)27(46)38-22(12-17(3)4)28(47)39-23(13-18(5)6)29(48)40-25(19(7)42)30(49)35-14-24(43)44/h15-23,25,42H,8-14H2,1-7H3,(H,35,49)(H,36,41)(H,37,45)(H,38,46)(H,39,47)(H,40,48)(H,43,44)(H4,32,33,34)/t19-,20+,21+,22+,23+,25+/m1/s1. The molecule has 0 aliphatic heterocycles. The minimum absolute atomic E-state index is 0.0542. The van der Waals surface area contributed by atoms with E-state index in [9.17, 15) is 38.7 Å². The third kappa shape index (κ3) is 19.2. The van der Waals surface area contributed by atoms with Crippen LogP contribution < -0.4 is 43.4 Å². The largest absolute Gasteiger partial charge is 0.480 e. The smallest absolute Gasteiger partial charge is 0.322 e. The second-order valence-electron chi connectivity index (χ2n) is 13.2. The highest BCUT2D eigenvalue weighted by molar-refractivity contribution is 5.96. The number of guanidine groups is 1. The van der Waals surface area contributed by atoms with E-state index in [2.05, 4.69) is 36.9 Å². The molecule has 18 nitrogen and oxygen atoms in total. The summed E-state index contributed by atoms with van der Waals surface area (Å²) in [7, 11) is 0. The molecule has 0 heterocycles. The van der Waals surface area contributed by atoms with Crippen LogP contribution in [0.4, 0.5) is 0 Å². The second kappa shape index (κ2) is 23.0. The normalized spacial score (nSPS) is 14.8. The van der Waals surface area contributed by atoms with Gasteiger partial charge in [0, 0.05) is 6.54 Å². The number of carbonyl (C=O) groups excluding carboxylic acids is 6. The third-order valence-corrected chi connectivity index (χ3v) is 7.03.